The number of aldehydes is 1. The van der Waals surface area contributed by atoms with Crippen molar-refractivity contribution in [2.45, 2.75) is 12.0 Å². The SMILES string of the molecule is N[C@H](C=O)C(c1ccccc1)c1ccccc1. The van der Waals surface area contributed by atoms with Gasteiger partial charge in [-0.05, 0) is 11.1 Å². The molecule has 2 aromatic carbocycles. The molecule has 1 atom stereocenters. The van der Waals surface area contributed by atoms with Crippen molar-refractivity contribution >= 4 is 6.29 Å². The molecule has 2 rings (SSSR count). The van der Waals surface area contributed by atoms with Crippen LogP contribution in [0.3, 0.4) is 0 Å². The van der Waals surface area contributed by atoms with Gasteiger partial charge in [0.05, 0.1) is 6.04 Å². The molecule has 0 amide bonds. The van der Waals surface area contributed by atoms with Crippen LogP contribution in [-0.2, 0) is 4.79 Å². The molecule has 2 N–H and O–H groups in total. The molecule has 2 aromatic rings. The molecule has 0 saturated heterocycles. The van der Waals surface area contributed by atoms with Gasteiger partial charge in [0.2, 0.25) is 0 Å². The highest BCUT2D eigenvalue weighted by atomic mass is 16.1. The minimum absolute atomic E-state index is 0.0742. The van der Waals surface area contributed by atoms with Crippen molar-refractivity contribution < 1.29 is 4.79 Å². The smallest absolute Gasteiger partial charge is 0.137 e. The summed E-state index contributed by atoms with van der Waals surface area (Å²) in [6, 6.07) is 19.2. The Bertz CT molecular complexity index is 427. The van der Waals surface area contributed by atoms with Crippen LogP contribution >= 0.6 is 0 Å². The van der Waals surface area contributed by atoms with Crippen molar-refractivity contribution in [3.63, 3.8) is 0 Å². The van der Waals surface area contributed by atoms with Crippen LogP contribution in [0.15, 0.2) is 60.7 Å². The topological polar surface area (TPSA) is 43.1 Å². The molecule has 0 heterocycles. The van der Waals surface area contributed by atoms with E-state index in [4.69, 9.17) is 5.73 Å². The van der Waals surface area contributed by atoms with Crippen LogP contribution in [0, 0.1) is 0 Å². The molecule has 0 aliphatic rings. The zero-order valence-electron chi connectivity index (χ0n) is 9.49. The first kappa shape index (κ1) is 11.6. The Labute approximate surface area is 101 Å². The number of nitrogens with two attached hydrogens (primary N) is 1. The lowest BCUT2D eigenvalue weighted by atomic mass is 9.86. The normalized spacial score (nSPS) is 12.4. The van der Waals surface area contributed by atoms with Crippen LogP contribution < -0.4 is 5.73 Å². The summed E-state index contributed by atoms with van der Waals surface area (Å²) >= 11 is 0. The molecule has 0 aliphatic heterocycles. The fraction of sp³-hybridized carbons (Fsp3) is 0.133. The van der Waals surface area contributed by atoms with E-state index in [1.165, 1.54) is 0 Å². The van der Waals surface area contributed by atoms with Crippen LogP contribution in [0.25, 0.3) is 0 Å². The van der Waals surface area contributed by atoms with E-state index >= 15 is 0 Å². The van der Waals surface area contributed by atoms with Crippen molar-refractivity contribution in [3.8, 4) is 0 Å². The van der Waals surface area contributed by atoms with E-state index in [-0.39, 0.29) is 5.92 Å². The fourth-order valence-electron chi connectivity index (χ4n) is 2.04. The van der Waals surface area contributed by atoms with Crippen LogP contribution in [0.5, 0.6) is 0 Å². The van der Waals surface area contributed by atoms with Gasteiger partial charge >= 0.3 is 0 Å². The summed E-state index contributed by atoms with van der Waals surface area (Å²) in [6.45, 7) is 0. The van der Waals surface area contributed by atoms with Gasteiger partial charge in [-0.2, -0.15) is 0 Å². The van der Waals surface area contributed by atoms with E-state index in [9.17, 15) is 4.79 Å². The quantitative estimate of drug-likeness (QED) is 0.812. The van der Waals surface area contributed by atoms with Crippen molar-refractivity contribution in [1.29, 1.82) is 0 Å². The molecule has 0 radical (unpaired) electrons. The van der Waals surface area contributed by atoms with E-state index in [2.05, 4.69) is 0 Å². The average Bonchev–Trinajstić information content (AvgIpc) is 2.41. The monoisotopic (exact) mass is 225 g/mol. The predicted molar refractivity (Wildman–Crippen MR) is 68.8 cm³/mol. The van der Waals surface area contributed by atoms with Gasteiger partial charge in [-0.25, -0.2) is 0 Å². The molecule has 0 unspecified atom stereocenters. The highest BCUT2D eigenvalue weighted by Gasteiger charge is 2.20. The maximum absolute atomic E-state index is 11.0. The molecular weight excluding hydrogens is 210 g/mol. The summed E-state index contributed by atoms with van der Waals surface area (Å²) in [5.41, 5.74) is 8.05. The van der Waals surface area contributed by atoms with Gasteiger partial charge in [0, 0.05) is 5.92 Å². The Hall–Kier alpha value is -1.93. The Morgan fingerprint density at radius 1 is 0.824 bits per heavy atom. The summed E-state index contributed by atoms with van der Waals surface area (Å²) in [5.74, 6) is -0.0742. The lowest BCUT2D eigenvalue weighted by molar-refractivity contribution is -0.109. The molecule has 2 nitrogen and oxygen atoms in total. The molecule has 0 fully saturated rings. The second kappa shape index (κ2) is 5.41. The second-order valence-electron chi connectivity index (χ2n) is 4.01. The molecular formula is C15H15NO. The maximum Gasteiger partial charge on any atom is 0.137 e. The van der Waals surface area contributed by atoms with Crippen molar-refractivity contribution in [1.82, 2.24) is 0 Å². The Kier molecular flexibility index (Phi) is 3.68. The lowest BCUT2D eigenvalue weighted by Crippen LogP contribution is -2.30. The molecule has 0 aliphatic carbocycles. The first-order valence-corrected chi connectivity index (χ1v) is 5.63. The first-order valence-electron chi connectivity index (χ1n) is 5.63. The molecule has 0 aromatic heterocycles. The second-order valence-corrected chi connectivity index (χ2v) is 4.01. The third kappa shape index (κ3) is 2.60. The van der Waals surface area contributed by atoms with E-state index in [0.29, 0.717) is 0 Å². The highest BCUT2D eigenvalue weighted by molar-refractivity contribution is 5.61. The maximum atomic E-state index is 11.0. The number of rotatable bonds is 4. The van der Waals surface area contributed by atoms with Crippen molar-refractivity contribution in [2.24, 2.45) is 5.73 Å². The Morgan fingerprint density at radius 3 is 1.59 bits per heavy atom. The van der Waals surface area contributed by atoms with E-state index in [0.717, 1.165) is 17.4 Å². The summed E-state index contributed by atoms with van der Waals surface area (Å²) in [4.78, 5) is 11.0. The summed E-state index contributed by atoms with van der Waals surface area (Å²) < 4.78 is 0. The third-order valence-corrected chi connectivity index (χ3v) is 2.86. The van der Waals surface area contributed by atoms with Crippen LogP contribution in [-0.4, -0.2) is 12.3 Å². The summed E-state index contributed by atoms with van der Waals surface area (Å²) in [7, 11) is 0. The Balaban J connectivity index is 2.43. The van der Waals surface area contributed by atoms with Gasteiger partial charge < -0.3 is 10.5 Å². The largest absolute Gasteiger partial charge is 0.321 e. The number of carbonyl (C=O) groups excluding carboxylic acids is 1. The molecule has 0 bridgehead atoms. The minimum Gasteiger partial charge on any atom is -0.321 e. The molecule has 2 heteroatoms. The molecule has 0 saturated carbocycles. The number of benzene rings is 2. The number of hydrogen-bond donors (Lipinski definition) is 1. The molecule has 17 heavy (non-hydrogen) atoms. The predicted octanol–water partition coefficient (Wildman–Crippen LogP) is 2.34. The minimum atomic E-state index is -0.514. The van der Waals surface area contributed by atoms with Crippen LogP contribution in [0.4, 0.5) is 0 Å². The van der Waals surface area contributed by atoms with E-state index in [1.54, 1.807) is 0 Å². The van der Waals surface area contributed by atoms with Gasteiger partial charge in [0.15, 0.2) is 0 Å². The van der Waals surface area contributed by atoms with E-state index < -0.39 is 6.04 Å². The molecule has 86 valence electrons. The van der Waals surface area contributed by atoms with Gasteiger partial charge in [0.25, 0.3) is 0 Å². The fourth-order valence-corrected chi connectivity index (χ4v) is 2.04. The van der Waals surface area contributed by atoms with Gasteiger partial charge in [-0.1, -0.05) is 60.7 Å². The number of carbonyl (C=O) groups is 1. The van der Waals surface area contributed by atoms with Gasteiger partial charge in [-0.15, -0.1) is 0 Å². The third-order valence-electron chi connectivity index (χ3n) is 2.86. The van der Waals surface area contributed by atoms with E-state index in [1.807, 2.05) is 60.7 Å². The lowest BCUT2D eigenvalue weighted by Gasteiger charge is -2.20. The molecule has 0 spiro atoms. The summed E-state index contributed by atoms with van der Waals surface area (Å²) in [5, 5.41) is 0. The first-order chi connectivity index (χ1) is 8.33. The zero-order valence-corrected chi connectivity index (χ0v) is 9.49. The number of hydrogen-bond acceptors (Lipinski definition) is 2. The Morgan fingerprint density at radius 2 is 1.24 bits per heavy atom. The van der Waals surface area contributed by atoms with Gasteiger partial charge in [-0.3, -0.25) is 0 Å². The summed E-state index contributed by atoms with van der Waals surface area (Å²) in [6.07, 6.45) is 0.810. The van der Waals surface area contributed by atoms with Crippen molar-refractivity contribution in [3.05, 3.63) is 71.8 Å². The van der Waals surface area contributed by atoms with Crippen LogP contribution in [0.2, 0.25) is 0 Å². The van der Waals surface area contributed by atoms with Gasteiger partial charge in [0.1, 0.15) is 6.29 Å². The average molecular weight is 225 g/mol. The van der Waals surface area contributed by atoms with Crippen molar-refractivity contribution in [2.75, 3.05) is 0 Å². The van der Waals surface area contributed by atoms with Crippen LogP contribution in [0.1, 0.15) is 17.0 Å². The highest BCUT2D eigenvalue weighted by Crippen LogP contribution is 2.26. The zero-order chi connectivity index (χ0) is 12.1. The standard InChI is InChI=1S/C15H15NO/c16-14(11-17)15(12-7-3-1-4-8-12)13-9-5-2-6-10-13/h1-11,14-15H,16H2/t14-/m1/s1.